The largest absolute Gasteiger partial charge is 0.445 e. The Kier molecular flexibility index (Phi) is 6.67. The lowest BCUT2D eigenvalue weighted by Crippen LogP contribution is -2.29. The fourth-order valence-electron chi connectivity index (χ4n) is 2.28. The second kappa shape index (κ2) is 8.02. The third kappa shape index (κ3) is 4.73. The van der Waals surface area contributed by atoms with Crippen LogP contribution < -0.4 is 5.73 Å². The number of nitrogens with zero attached hydrogens (tertiary/aromatic N) is 1. The molecule has 1 unspecified atom stereocenters. The molecule has 0 bridgehead atoms. The first kappa shape index (κ1) is 15.8. The fraction of sp³-hybridized carbons (Fsp3) is 0.500. The number of likely N-dealkylation sites (tertiary alicyclic amines) is 1. The second-order valence-electron chi connectivity index (χ2n) is 4.72. The van der Waals surface area contributed by atoms with Gasteiger partial charge in [0.25, 0.3) is 0 Å². The molecule has 0 spiro atoms. The topological polar surface area (TPSA) is 55.6 Å². The maximum atomic E-state index is 11.8. The van der Waals surface area contributed by atoms with Crippen molar-refractivity contribution >= 4 is 18.5 Å². The Balaban J connectivity index is 0.00000180. The summed E-state index contributed by atoms with van der Waals surface area (Å²) in [6.45, 7) is 2.61. The van der Waals surface area contributed by atoms with Crippen molar-refractivity contribution in [3.05, 3.63) is 35.9 Å². The van der Waals surface area contributed by atoms with E-state index in [-0.39, 0.29) is 18.5 Å². The molecule has 1 aliphatic rings. The number of hydrogen-bond donors (Lipinski definition) is 1. The van der Waals surface area contributed by atoms with Crippen molar-refractivity contribution in [3.63, 3.8) is 0 Å². The average molecular weight is 285 g/mol. The number of benzene rings is 1. The Morgan fingerprint density at radius 2 is 2.11 bits per heavy atom. The minimum absolute atomic E-state index is 0. The van der Waals surface area contributed by atoms with Gasteiger partial charge in [-0.15, -0.1) is 12.4 Å². The van der Waals surface area contributed by atoms with Crippen LogP contribution in [-0.2, 0) is 11.3 Å². The van der Waals surface area contributed by atoms with Gasteiger partial charge in [-0.2, -0.15) is 0 Å². The number of ether oxygens (including phenoxy) is 1. The van der Waals surface area contributed by atoms with E-state index in [1.165, 1.54) is 0 Å². The zero-order valence-corrected chi connectivity index (χ0v) is 11.8. The van der Waals surface area contributed by atoms with Crippen LogP contribution in [0.5, 0.6) is 0 Å². The molecule has 1 saturated heterocycles. The van der Waals surface area contributed by atoms with Gasteiger partial charge in [-0.05, 0) is 30.9 Å². The molecule has 1 heterocycles. The van der Waals surface area contributed by atoms with Gasteiger partial charge in [-0.3, -0.25) is 0 Å². The SMILES string of the molecule is Cl.NCCC1CCN(C(=O)OCc2ccccc2)C1. The average Bonchev–Trinajstić information content (AvgIpc) is 2.86. The molecule has 1 aliphatic heterocycles. The fourth-order valence-corrected chi connectivity index (χ4v) is 2.28. The van der Waals surface area contributed by atoms with Gasteiger partial charge in [-0.1, -0.05) is 30.3 Å². The van der Waals surface area contributed by atoms with Crippen molar-refractivity contribution in [2.24, 2.45) is 11.7 Å². The maximum Gasteiger partial charge on any atom is 0.410 e. The van der Waals surface area contributed by atoms with Gasteiger partial charge in [0.1, 0.15) is 6.61 Å². The van der Waals surface area contributed by atoms with Crippen LogP contribution in [0.15, 0.2) is 30.3 Å². The number of amides is 1. The van der Waals surface area contributed by atoms with Gasteiger partial charge in [0.05, 0.1) is 0 Å². The van der Waals surface area contributed by atoms with Crippen LogP contribution >= 0.6 is 12.4 Å². The summed E-state index contributed by atoms with van der Waals surface area (Å²) < 4.78 is 5.29. The molecule has 2 rings (SSSR count). The van der Waals surface area contributed by atoms with Crippen molar-refractivity contribution in [1.82, 2.24) is 4.90 Å². The van der Waals surface area contributed by atoms with Gasteiger partial charge in [0.15, 0.2) is 0 Å². The van der Waals surface area contributed by atoms with Crippen LogP contribution in [0.1, 0.15) is 18.4 Å². The Bertz CT molecular complexity index is 386. The first-order valence-electron chi connectivity index (χ1n) is 6.45. The molecule has 0 aliphatic carbocycles. The van der Waals surface area contributed by atoms with E-state index < -0.39 is 0 Å². The van der Waals surface area contributed by atoms with E-state index in [9.17, 15) is 4.79 Å². The van der Waals surface area contributed by atoms with Crippen LogP contribution in [0.2, 0.25) is 0 Å². The molecule has 1 atom stereocenters. The van der Waals surface area contributed by atoms with Crippen LogP contribution in [0, 0.1) is 5.92 Å². The molecule has 106 valence electrons. The van der Waals surface area contributed by atoms with Crippen molar-refractivity contribution in [2.45, 2.75) is 19.4 Å². The summed E-state index contributed by atoms with van der Waals surface area (Å²) in [7, 11) is 0. The molecule has 4 nitrogen and oxygen atoms in total. The molecular formula is C14H21ClN2O2. The van der Waals surface area contributed by atoms with Crippen LogP contribution in [0.3, 0.4) is 0 Å². The van der Waals surface area contributed by atoms with Gasteiger partial charge in [0, 0.05) is 13.1 Å². The molecule has 2 N–H and O–H groups in total. The molecule has 0 radical (unpaired) electrons. The second-order valence-corrected chi connectivity index (χ2v) is 4.72. The molecule has 1 aromatic rings. The summed E-state index contributed by atoms with van der Waals surface area (Å²) in [6.07, 6.45) is 1.82. The van der Waals surface area contributed by atoms with Crippen LogP contribution in [0.4, 0.5) is 4.79 Å². The number of carbonyl (C=O) groups is 1. The highest BCUT2D eigenvalue weighted by atomic mass is 35.5. The van der Waals surface area contributed by atoms with Gasteiger partial charge in [0.2, 0.25) is 0 Å². The van der Waals surface area contributed by atoms with Crippen molar-refractivity contribution in [3.8, 4) is 0 Å². The molecule has 1 amide bonds. The lowest BCUT2D eigenvalue weighted by Gasteiger charge is -2.16. The third-order valence-corrected chi connectivity index (χ3v) is 3.32. The standard InChI is InChI=1S/C14H20N2O2.ClH/c15-8-6-12-7-9-16(10-12)14(17)18-11-13-4-2-1-3-5-13;/h1-5,12H,6-11,15H2;1H. The Morgan fingerprint density at radius 1 is 1.37 bits per heavy atom. The first-order chi connectivity index (χ1) is 8.79. The molecule has 1 aromatic carbocycles. The highest BCUT2D eigenvalue weighted by Gasteiger charge is 2.26. The first-order valence-corrected chi connectivity index (χ1v) is 6.45. The van der Waals surface area contributed by atoms with E-state index in [2.05, 4.69) is 0 Å². The lowest BCUT2D eigenvalue weighted by atomic mass is 10.1. The molecule has 5 heteroatoms. The van der Waals surface area contributed by atoms with E-state index in [1.54, 1.807) is 4.90 Å². The Hall–Kier alpha value is -1.26. The third-order valence-electron chi connectivity index (χ3n) is 3.32. The quantitative estimate of drug-likeness (QED) is 0.924. The lowest BCUT2D eigenvalue weighted by molar-refractivity contribution is 0.103. The van der Waals surface area contributed by atoms with Crippen molar-refractivity contribution in [2.75, 3.05) is 19.6 Å². The molecule has 0 aromatic heterocycles. The number of carbonyl (C=O) groups excluding carboxylic acids is 1. The van der Waals surface area contributed by atoms with Gasteiger partial charge < -0.3 is 15.4 Å². The normalized spacial score (nSPS) is 17.9. The zero-order chi connectivity index (χ0) is 12.8. The van der Waals surface area contributed by atoms with E-state index in [0.29, 0.717) is 19.1 Å². The maximum absolute atomic E-state index is 11.8. The molecule has 19 heavy (non-hydrogen) atoms. The van der Waals surface area contributed by atoms with E-state index in [0.717, 1.165) is 31.5 Å². The van der Waals surface area contributed by atoms with Crippen molar-refractivity contribution < 1.29 is 9.53 Å². The zero-order valence-electron chi connectivity index (χ0n) is 11.0. The monoisotopic (exact) mass is 284 g/mol. The summed E-state index contributed by atoms with van der Waals surface area (Å²) in [5.74, 6) is 0.541. The van der Waals surface area contributed by atoms with E-state index in [4.69, 9.17) is 10.5 Å². The number of hydrogen-bond acceptors (Lipinski definition) is 3. The highest BCUT2D eigenvalue weighted by molar-refractivity contribution is 5.85. The summed E-state index contributed by atoms with van der Waals surface area (Å²) in [6, 6.07) is 9.73. The molecular weight excluding hydrogens is 264 g/mol. The highest BCUT2D eigenvalue weighted by Crippen LogP contribution is 2.19. The minimum Gasteiger partial charge on any atom is -0.445 e. The van der Waals surface area contributed by atoms with Gasteiger partial charge in [-0.25, -0.2) is 4.79 Å². The molecule has 0 saturated carbocycles. The Labute approximate surface area is 120 Å². The minimum atomic E-state index is -0.210. The van der Waals surface area contributed by atoms with E-state index in [1.807, 2.05) is 30.3 Å². The number of rotatable bonds is 4. The summed E-state index contributed by atoms with van der Waals surface area (Å²) in [4.78, 5) is 13.6. The summed E-state index contributed by atoms with van der Waals surface area (Å²) in [5.41, 5.74) is 6.55. The van der Waals surface area contributed by atoms with Crippen LogP contribution in [-0.4, -0.2) is 30.6 Å². The number of halogens is 1. The predicted octanol–water partition coefficient (Wildman–Crippen LogP) is 2.42. The Morgan fingerprint density at radius 3 is 2.79 bits per heavy atom. The van der Waals surface area contributed by atoms with Crippen LogP contribution in [0.25, 0.3) is 0 Å². The van der Waals surface area contributed by atoms with Gasteiger partial charge >= 0.3 is 6.09 Å². The van der Waals surface area contributed by atoms with Crippen molar-refractivity contribution in [1.29, 1.82) is 0 Å². The predicted molar refractivity (Wildman–Crippen MR) is 77.2 cm³/mol. The number of nitrogens with two attached hydrogens (primary N) is 1. The molecule has 1 fully saturated rings. The summed E-state index contributed by atoms with van der Waals surface area (Å²) in [5, 5.41) is 0. The summed E-state index contributed by atoms with van der Waals surface area (Å²) >= 11 is 0. The van der Waals surface area contributed by atoms with E-state index >= 15 is 0 Å². The smallest absolute Gasteiger partial charge is 0.410 e.